The van der Waals surface area contributed by atoms with Crippen LogP contribution in [0.5, 0.6) is 0 Å². The lowest BCUT2D eigenvalue weighted by Gasteiger charge is -2.35. The molecule has 0 bridgehead atoms. The Labute approximate surface area is 123 Å². The predicted molar refractivity (Wildman–Crippen MR) is 75.3 cm³/mol. The summed E-state index contributed by atoms with van der Waals surface area (Å²) in [7, 11) is 2.86. The molecule has 0 aromatic heterocycles. The van der Waals surface area contributed by atoms with Crippen molar-refractivity contribution in [3.05, 3.63) is 35.9 Å². The lowest BCUT2D eigenvalue weighted by Crippen LogP contribution is -2.48. The topological polar surface area (TPSA) is 79.2 Å². The van der Waals surface area contributed by atoms with Crippen LogP contribution in [0.1, 0.15) is 18.5 Å². The number of hydrogen-bond donors (Lipinski definition) is 2. The number of hydrogen-bond acceptors (Lipinski definition) is 5. The number of ether oxygens (including phenoxy) is 2. The molecule has 1 saturated heterocycles. The molecular weight excluding hydrogens is 274 g/mol. The number of benzene rings is 1. The second kappa shape index (κ2) is 6.53. The minimum absolute atomic E-state index is 0.316. The molecule has 0 saturated carbocycles. The molecule has 0 spiro atoms. The monoisotopic (exact) mass is 295 g/mol. The fourth-order valence-electron chi connectivity index (χ4n) is 2.81. The summed E-state index contributed by atoms with van der Waals surface area (Å²) in [6, 6.07) is 8.33. The summed E-state index contributed by atoms with van der Waals surface area (Å²) in [5.74, 6) is -0.525. The van der Waals surface area contributed by atoms with Gasteiger partial charge in [-0.1, -0.05) is 30.3 Å². The van der Waals surface area contributed by atoms with Crippen molar-refractivity contribution >= 4 is 5.91 Å². The minimum atomic E-state index is -1.46. The van der Waals surface area contributed by atoms with E-state index in [2.05, 4.69) is 0 Å². The van der Waals surface area contributed by atoms with Gasteiger partial charge in [0.1, 0.15) is 12.1 Å². The summed E-state index contributed by atoms with van der Waals surface area (Å²) in [5.41, 5.74) is 0.906. The maximum absolute atomic E-state index is 12.3. The normalized spacial score (nSPS) is 27.4. The van der Waals surface area contributed by atoms with Crippen LogP contribution in [0.15, 0.2) is 30.3 Å². The maximum Gasteiger partial charge on any atom is 0.255 e. The summed E-state index contributed by atoms with van der Waals surface area (Å²) >= 11 is 0. The Hall–Kier alpha value is -1.47. The molecule has 1 aliphatic rings. The van der Waals surface area contributed by atoms with E-state index in [0.29, 0.717) is 0 Å². The zero-order valence-electron chi connectivity index (χ0n) is 12.3. The van der Waals surface area contributed by atoms with E-state index in [1.165, 1.54) is 19.1 Å². The molecule has 4 atom stereocenters. The summed E-state index contributed by atoms with van der Waals surface area (Å²) in [6.45, 7) is 1.84. The predicted octanol–water partition coefficient (Wildman–Crippen LogP) is 0.299. The van der Waals surface area contributed by atoms with E-state index in [0.717, 1.165) is 5.56 Å². The summed E-state index contributed by atoms with van der Waals surface area (Å²) in [6.07, 6.45) is -3.53. The number of methoxy groups -OCH3 is 2. The zero-order valence-corrected chi connectivity index (χ0v) is 12.3. The molecule has 6 nitrogen and oxygen atoms in total. The molecule has 21 heavy (non-hydrogen) atoms. The lowest BCUT2D eigenvalue weighted by atomic mass is 10.0. The molecule has 1 heterocycles. The first-order valence-electron chi connectivity index (χ1n) is 6.81. The minimum Gasteiger partial charge on any atom is -0.387 e. The van der Waals surface area contributed by atoms with E-state index in [1.807, 2.05) is 37.3 Å². The average molecular weight is 295 g/mol. The van der Waals surface area contributed by atoms with Crippen molar-refractivity contribution in [1.29, 1.82) is 0 Å². The summed E-state index contributed by atoms with van der Waals surface area (Å²) < 4.78 is 10.4. The molecule has 0 unspecified atom stereocenters. The van der Waals surface area contributed by atoms with Gasteiger partial charge in [0.25, 0.3) is 5.91 Å². The highest BCUT2D eigenvalue weighted by Crippen LogP contribution is 2.33. The van der Waals surface area contributed by atoms with Gasteiger partial charge in [0, 0.05) is 14.2 Å². The maximum atomic E-state index is 12.3. The largest absolute Gasteiger partial charge is 0.387 e. The molecule has 1 amide bonds. The Kier molecular flexibility index (Phi) is 4.95. The fourth-order valence-corrected chi connectivity index (χ4v) is 2.81. The Morgan fingerprint density at radius 1 is 1.14 bits per heavy atom. The molecular formula is C15H21NO5. The highest BCUT2D eigenvalue weighted by molar-refractivity contribution is 5.85. The Morgan fingerprint density at radius 3 is 2.24 bits per heavy atom. The zero-order chi connectivity index (χ0) is 15.6. The average Bonchev–Trinajstić information content (AvgIpc) is 2.74. The van der Waals surface area contributed by atoms with Crippen LogP contribution in [0.3, 0.4) is 0 Å². The standard InChI is InChI=1S/C15H21NO5/c1-9(10-7-5-4-6-8-10)16-11(15(20-2)21-3)12(17)13(18)14(16)19/h4-9,11-13,15,17-18H,1-3H3/t9-,11-,12-,13-/m1/s1. The third kappa shape index (κ3) is 2.80. The number of carbonyl (C=O) groups excluding carboxylic acids is 1. The van der Waals surface area contributed by atoms with Crippen LogP contribution in [0.25, 0.3) is 0 Å². The second-order valence-corrected chi connectivity index (χ2v) is 5.10. The molecule has 1 fully saturated rings. The van der Waals surface area contributed by atoms with Gasteiger partial charge in [0.2, 0.25) is 0 Å². The van der Waals surface area contributed by atoms with Crippen LogP contribution < -0.4 is 0 Å². The van der Waals surface area contributed by atoms with E-state index < -0.39 is 30.4 Å². The van der Waals surface area contributed by atoms with E-state index >= 15 is 0 Å². The van der Waals surface area contributed by atoms with E-state index in [9.17, 15) is 15.0 Å². The first-order chi connectivity index (χ1) is 10.0. The molecule has 1 aromatic rings. The number of rotatable bonds is 5. The molecule has 1 aromatic carbocycles. The smallest absolute Gasteiger partial charge is 0.255 e. The molecule has 0 radical (unpaired) electrons. The van der Waals surface area contributed by atoms with Crippen LogP contribution in [0, 0.1) is 0 Å². The highest BCUT2D eigenvalue weighted by Gasteiger charge is 2.52. The molecule has 1 aliphatic heterocycles. The first kappa shape index (κ1) is 15.9. The van der Waals surface area contributed by atoms with Gasteiger partial charge in [-0.15, -0.1) is 0 Å². The van der Waals surface area contributed by atoms with Gasteiger partial charge in [0.15, 0.2) is 12.4 Å². The van der Waals surface area contributed by atoms with Gasteiger partial charge < -0.3 is 24.6 Å². The second-order valence-electron chi connectivity index (χ2n) is 5.10. The van der Waals surface area contributed by atoms with Crippen LogP contribution in [0.2, 0.25) is 0 Å². The van der Waals surface area contributed by atoms with E-state index in [1.54, 1.807) is 0 Å². The van der Waals surface area contributed by atoms with Crippen LogP contribution in [-0.4, -0.2) is 59.8 Å². The number of aliphatic hydroxyl groups is 2. The van der Waals surface area contributed by atoms with Crippen molar-refractivity contribution in [1.82, 2.24) is 4.90 Å². The van der Waals surface area contributed by atoms with Crippen molar-refractivity contribution in [2.75, 3.05) is 14.2 Å². The van der Waals surface area contributed by atoms with E-state index in [-0.39, 0.29) is 6.04 Å². The van der Waals surface area contributed by atoms with Gasteiger partial charge in [-0.05, 0) is 12.5 Å². The fraction of sp³-hybridized carbons (Fsp3) is 0.533. The summed E-state index contributed by atoms with van der Waals surface area (Å²) in [4.78, 5) is 13.7. The highest BCUT2D eigenvalue weighted by atomic mass is 16.7. The Bertz CT molecular complexity index is 476. The van der Waals surface area contributed by atoms with Crippen LogP contribution in [0.4, 0.5) is 0 Å². The number of amides is 1. The van der Waals surface area contributed by atoms with Crippen LogP contribution in [-0.2, 0) is 14.3 Å². The SMILES string of the molecule is COC(OC)[C@H]1[C@@H](O)[C@@H](O)C(=O)N1[C@H](C)c1ccccc1. The number of carbonyl (C=O) groups is 1. The van der Waals surface area contributed by atoms with Crippen LogP contribution >= 0.6 is 0 Å². The van der Waals surface area contributed by atoms with E-state index in [4.69, 9.17) is 9.47 Å². The number of aliphatic hydroxyl groups excluding tert-OH is 2. The Balaban J connectivity index is 2.35. The first-order valence-corrected chi connectivity index (χ1v) is 6.81. The molecule has 6 heteroatoms. The molecule has 0 aliphatic carbocycles. The molecule has 2 rings (SSSR count). The third-order valence-corrected chi connectivity index (χ3v) is 3.94. The Morgan fingerprint density at radius 2 is 1.71 bits per heavy atom. The van der Waals surface area contributed by atoms with Crippen molar-refractivity contribution in [3.8, 4) is 0 Å². The lowest BCUT2D eigenvalue weighted by molar-refractivity contribution is -0.168. The molecule has 2 N–H and O–H groups in total. The van der Waals surface area contributed by atoms with Gasteiger partial charge in [-0.2, -0.15) is 0 Å². The summed E-state index contributed by atoms with van der Waals surface area (Å²) in [5, 5.41) is 20.0. The number of likely N-dealkylation sites (tertiary alicyclic amines) is 1. The third-order valence-electron chi connectivity index (χ3n) is 3.94. The van der Waals surface area contributed by atoms with Gasteiger partial charge in [-0.3, -0.25) is 4.79 Å². The van der Waals surface area contributed by atoms with Gasteiger partial charge >= 0.3 is 0 Å². The number of nitrogens with zero attached hydrogens (tertiary/aromatic N) is 1. The van der Waals surface area contributed by atoms with Crippen molar-refractivity contribution < 1.29 is 24.5 Å². The quantitative estimate of drug-likeness (QED) is 0.764. The van der Waals surface area contributed by atoms with Gasteiger partial charge in [0.05, 0.1) is 6.04 Å². The molecule has 116 valence electrons. The van der Waals surface area contributed by atoms with Gasteiger partial charge in [-0.25, -0.2) is 0 Å². The van der Waals surface area contributed by atoms with Crippen molar-refractivity contribution in [2.45, 2.75) is 37.5 Å². The van der Waals surface area contributed by atoms with Crippen molar-refractivity contribution in [3.63, 3.8) is 0 Å². The van der Waals surface area contributed by atoms with Crippen molar-refractivity contribution in [2.24, 2.45) is 0 Å².